The predicted octanol–water partition coefficient (Wildman–Crippen LogP) is 5.01. The van der Waals surface area contributed by atoms with Gasteiger partial charge in [-0.3, -0.25) is 4.18 Å². The fraction of sp³-hybridized carbons (Fsp3) is 0.176. The Bertz CT molecular complexity index is 610. The SMILES string of the molecule is Cc1ccc(SOC#CCOSc2ccc(C)cc2)cc1. The van der Waals surface area contributed by atoms with Crippen LogP contribution in [-0.4, -0.2) is 6.61 Å². The highest BCUT2D eigenvalue weighted by atomic mass is 32.2. The highest BCUT2D eigenvalue weighted by molar-refractivity contribution is 7.95. The molecule has 0 aliphatic rings. The van der Waals surface area contributed by atoms with Crippen LogP contribution in [0, 0.1) is 25.9 Å². The summed E-state index contributed by atoms with van der Waals surface area (Å²) >= 11 is 2.57. The maximum Gasteiger partial charge on any atom is 0.130 e. The van der Waals surface area contributed by atoms with Gasteiger partial charge >= 0.3 is 0 Å². The quantitative estimate of drug-likeness (QED) is 0.438. The summed E-state index contributed by atoms with van der Waals surface area (Å²) in [6, 6.07) is 16.3. The van der Waals surface area contributed by atoms with Crippen molar-refractivity contribution in [3.8, 4) is 12.0 Å². The largest absolute Gasteiger partial charge is 0.370 e. The first-order valence-electron chi connectivity index (χ1n) is 6.48. The second-order valence-electron chi connectivity index (χ2n) is 4.42. The van der Waals surface area contributed by atoms with E-state index in [1.165, 1.54) is 35.2 Å². The van der Waals surface area contributed by atoms with Crippen LogP contribution in [0.1, 0.15) is 11.1 Å². The maximum atomic E-state index is 5.38. The van der Waals surface area contributed by atoms with Gasteiger partial charge in [-0.15, -0.1) is 0 Å². The van der Waals surface area contributed by atoms with E-state index in [4.69, 9.17) is 8.37 Å². The van der Waals surface area contributed by atoms with Gasteiger partial charge in [-0.1, -0.05) is 35.4 Å². The van der Waals surface area contributed by atoms with Crippen LogP contribution in [0.25, 0.3) is 0 Å². The molecule has 0 unspecified atom stereocenters. The summed E-state index contributed by atoms with van der Waals surface area (Å²) in [5, 5.41) is 0. The number of rotatable bonds is 5. The molecule has 2 nitrogen and oxygen atoms in total. The van der Waals surface area contributed by atoms with Gasteiger partial charge in [0, 0.05) is 21.8 Å². The maximum absolute atomic E-state index is 5.38. The number of aryl methyl sites for hydroxylation is 2. The average molecular weight is 316 g/mol. The van der Waals surface area contributed by atoms with E-state index in [1.807, 2.05) is 36.4 Å². The molecule has 0 saturated carbocycles. The van der Waals surface area contributed by atoms with E-state index in [-0.39, 0.29) is 0 Å². The molecule has 2 aromatic carbocycles. The Morgan fingerprint density at radius 3 is 1.90 bits per heavy atom. The van der Waals surface area contributed by atoms with Crippen molar-refractivity contribution in [2.45, 2.75) is 23.6 Å². The summed E-state index contributed by atoms with van der Waals surface area (Å²) < 4.78 is 10.6. The van der Waals surface area contributed by atoms with E-state index in [0.717, 1.165) is 9.79 Å². The predicted molar refractivity (Wildman–Crippen MR) is 88.9 cm³/mol. The summed E-state index contributed by atoms with van der Waals surface area (Å²) in [5.41, 5.74) is 2.47. The summed E-state index contributed by atoms with van der Waals surface area (Å²) in [6.45, 7) is 4.44. The van der Waals surface area contributed by atoms with Crippen molar-refractivity contribution in [2.75, 3.05) is 6.61 Å². The van der Waals surface area contributed by atoms with Gasteiger partial charge in [-0.05, 0) is 44.0 Å². The first kappa shape index (κ1) is 15.8. The van der Waals surface area contributed by atoms with Crippen LogP contribution >= 0.6 is 24.1 Å². The standard InChI is InChI=1S/C17H16O2S2/c1-14-4-8-16(9-5-14)20-18-12-3-13-19-21-17-10-6-15(2)7-11-17/h4-11H,12H2,1-2H3. The molecule has 4 heteroatoms. The van der Waals surface area contributed by atoms with Crippen LogP contribution < -0.4 is 0 Å². The minimum Gasteiger partial charge on any atom is -0.370 e. The molecule has 0 bridgehead atoms. The smallest absolute Gasteiger partial charge is 0.130 e. The van der Waals surface area contributed by atoms with Crippen LogP contribution in [0.2, 0.25) is 0 Å². The molecule has 0 atom stereocenters. The normalized spacial score (nSPS) is 9.81. The molecule has 0 radical (unpaired) electrons. The molecule has 2 rings (SSSR count). The van der Waals surface area contributed by atoms with E-state index >= 15 is 0 Å². The molecule has 0 aromatic heterocycles. The molecule has 0 aliphatic heterocycles. The average Bonchev–Trinajstić information content (AvgIpc) is 2.50. The van der Waals surface area contributed by atoms with Gasteiger partial charge in [-0.2, -0.15) is 0 Å². The summed E-state index contributed by atoms with van der Waals surface area (Å²) in [6.07, 6.45) is 2.62. The van der Waals surface area contributed by atoms with Crippen LogP contribution in [0.5, 0.6) is 0 Å². The van der Waals surface area contributed by atoms with Gasteiger partial charge in [0.15, 0.2) is 0 Å². The van der Waals surface area contributed by atoms with Crippen LogP contribution in [-0.2, 0) is 8.37 Å². The number of hydrogen-bond acceptors (Lipinski definition) is 4. The lowest BCUT2D eigenvalue weighted by Gasteiger charge is -1.99. The Kier molecular flexibility index (Phi) is 6.55. The lowest BCUT2D eigenvalue weighted by molar-refractivity contribution is 0.435. The van der Waals surface area contributed by atoms with E-state index in [9.17, 15) is 0 Å². The van der Waals surface area contributed by atoms with E-state index in [0.29, 0.717) is 6.61 Å². The molecule has 21 heavy (non-hydrogen) atoms. The van der Waals surface area contributed by atoms with Crippen LogP contribution in [0.3, 0.4) is 0 Å². The Morgan fingerprint density at radius 2 is 1.33 bits per heavy atom. The molecule has 0 N–H and O–H groups in total. The highest BCUT2D eigenvalue weighted by Crippen LogP contribution is 2.19. The van der Waals surface area contributed by atoms with Crippen LogP contribution in [0.4, 0.5) is 0 Å². The molecular weight excluding hydrogens is 300 g/mol. The Hall–Kier alpha value is -1.54. The van der Waals surface area contributed by atoms with Gasteiger partial charge in [0.2, 0.25) is 0 Å². The molecular formula is C17H16O2S2. The lowest BCUT2D eigenvalue weighted by Crippen LogP contribution is -1.82. The molecule has 0 heterocycles. The van der Waals surface area contributed by atoms with Crippen molar-refractivity contribution in [2.24, 2.45) is 0 Å². The molecule has 0 spiro atoms. The zero-order chi connectivity index (χ0) is 14.9. The van der Waals surface area contributed by atoms with Crippen molar-refractivity contribution in [1.29, 1.82) is 0 Å². The Balaban J connectivity index is 1.63. The van der Waals surface area contributed by atoms with Crippen molar-refractivity contribution in [1.82, 2.24) is 0 Å². The van der Waals surface area contributed by atoms with E-state index in [1.54, 1.807) is 0 Å². The molecule has 2 aromatic rings. The van der Waals surface area contributed by atoms with Gasteiger partial charge in [0.05, 0.1) is 0 Å². The third-order valence-corrected chi connectivity index (χ3v) is 3.91. The first-order valence-corrected chi connectivity index (χ1v) is 7.96. The third kappa shape index (κ3) is 6.17. The molecule has 0 amide bonds. The molecule has 0 fully saturated rings. The van der Waals surface area contributed by atoms with E-state index in [2.05, 4.69) is 38.0 Å². The zero-order valence-electron chi connectivity index (χ0n) is 12.0. The number of benzene rings is 2. The van der Waals surface area contributed by atoms with Gasteiger partial charge in [0.1, 0.15) is 24.8 Å². The first-order chi connectivity index (χ1) is 10.2. The minimum atomic E-state index is 0.326. The number of hydrogen-bond donors (Lipinski definition) is 0. The fourth-order valence-electron chi connectivity index (χ4n) is 1.44. The second kappa shape index (κ2) is 8.68. The van der Waals surface area contributed by atoms with Crippen molar-refractivity contribution < 1.29 is 8.37 Å². The van der Waals surface area contributed by atoms with Crippen molar-refractivity contribution in [3.05, 3.63) is 59.7 Å². The summed E-state index contributed by atoms with van der Waals surface area (Å²) in [4.78, 5) is 2.10. The Labute approximate surface area is 134 Å². The minimum absolute atomic E-state index is 0.326. The van der Waals surface area contributed by atoms with Crippen molar-refractivity contribution in [3.63, 3.8) is 0 Å². The third-order valence-electron chi connectivity index (χ3n) is 2.58. The van der Waals surface area contributed by atoms with Crippen molar-refractivity contribution >= 4 is 24.1 Å². The second-order valence-corrected chi connectivity index (χ2v) is 6.10. The zero-order valence-corrected chi connectivity index (χ0v) is 13.6. The Morgan fingerprint density at radius 1 is 0.810 bits per heavy atom. The molecule has 0 saturated heterocycles. The molecule has 108 valence electrons. The van der Waals surface area contributed by atoms with Gasteiger partial charge in [-0.25, -0.2) is 0 Å². The monoisotopic (exact) mass is 316 g/mol. The highest BCUT2D eigenvalue weighted by Gasteiger charge is 1.94. The van der Waals surface area contributed by atoms with Crippen LogP contribution in [0.15, 0.2) is 58.3 Å². The molecule has 0 aliphatic carbocycles. The topological polar surface area (TPSA) is 18.5 Å². The fourth-order valence-corrected chi connectivity index (χ4v) is 2.39. The lowest BCUT2D eigenvalue weighted by atomic mass is 10.2. The summed E-state index contributed by atoms with van der Waals surface area (Å²) in [5.74, 6) is 2.81. The summed E-state index contributed by atoms with van der Waals surface area (Å²) in [7, 11) is 0. The van der Waals surface area contributed by atoms with E-state index < -0.39 is 0 Å². The van der Waals surface area contributed by atoms with Gasteiger partial charge < -0.3 is 4.18 Å². The van der Waals surface area contributed by atoms with Gasteiger partial charge in [0.25, 0.3) is 0 Å².